The molecule has 0 aliphatic heterocycles. The molecule has 1 aromatic heterocycles. The van der Waals surface area contributed by atoms with Crippen LogP contribution in [-0.2, 0) is 11.3 Å². The van der Waals surface area contributed by atoms with Gasteiger partial charge in [-0.15, -0.1) is 6.58 Å². The second kappa shape index (κ2) is 5.69. The molecule has 0 spiro atoms. The summed E-state index contributed by atoms with van der Waals surface area (Å²) in [6.07, 6.45) is 2.02. The van der Waals surface area contributed by atoms with Crippen LogP contribution in [0.4, 0.5) is 0 Å². The molecule has 1 aromatic carbocycles. The number of nitrogens with zero attached hydrogens (tertiary/aromatic N) is 2. The number of nitrogens with one attached hydrogen (secondary N) is 1. The molecule has 0 bridgehead atoms. The summed E-state index contributed by atoms with van der Waals surface area (Å²) in [5.41, 5.74) is 0.944. The Labute approximate surface area is 110 Å². The lowest BCUT2D eigenvalue weighted by Gasteiger charge is -2.04. The second-order valence-corrected chi connectivity index (χ2v) is 4.23. The van der Waals surface area contributed by atoms with Gasteiger partial charge in [0.1, 0.15) is 0 Å². The molecule has 0 saturated carbocycles. The fourth-order valence-electron chi connectivity index (χ4n) is 1.74. The van der Waals surface area contributed by atoms with Crippen LogP contribution >= 0.6 is 11.6 Å². The van der Waals surface area contributed by atoms with Gasteiger partial charge in [-0.1, -0.05) is 29.8 Å². The molecule has 1 heterocycles. The molecule has 5 heteroatoms. The number of benzene rings is 1. The highest BCUT2D eigenvalue weighted by Crippen LogP contribution is 2.22. The maximum atomic E-state index is 11.5. The number of halogens is 1. The number of aromatic nitrogens is 2. The third kappa shape index (κ3) is 2.71. The Morgan fingerprint density at radius 3 is 3.06 bits per heavy atom. The highest BCUT2D eigenvalue weighted by atomic mass is 35.5. The van der Waals surface area contributed by atoms with E-state index in [-0.39, 0.29) is 5.91 Å². The molecule has 18 heavy (non-hydrogen) atoms. The molecule has 0 unspecified atom stereocenters. The molecular formula is C13H14ClN3O. The topological polar surface area (TPSA) is 46.9 Å². The quantitative estimate of drug-likeness (QED) is 0.842. The summed E-state index contributed by atoms with van der Waals surface area (Å²) in [6.45, 7) is 4.54. The number of para-hydroxylation sites is 1. The molecule has 0 saturated heterocycles. The first-order chi connectivity index (χ1) is 8.72. The highest BCUT2D eigenvalue weighted by Gasteiger charge is 2.08. The first-order valence-electron chi connectivity index (χ1n) is 5.71. The third-order valence-electron chi connectivity index (χ3n) is 2.61. The number of hydrogen-bond acceptors (Lipinski definition) is 2. The van der Waals surface area contributed by atoms with Crippen molar-refractivity contribution in [2.75, 3.05) is 6.54 Å². The van der Waals surface area contributed by atoms with E-state index in [4.69, 9.17) is 11.6 Å². The maximum absolute atomic E-state index is 11.5. The molecule has 1 N–H and O–H groups in total. The Morgan fingerprint density at radius 1 is 1.50 bits per heavy atom. The predicted octanol–water partition coefficient (Wildman–Crippen LogP) is 2.38. The number of rotatable bonds is 5. The minimum atomic E-state index is -0.0226. The van der Waals surface area contributed by atoms with Crippen LogP contribution in [0, 0.1) is 0 Å². The van der Waals surface area contributed by atoms with Crippen molar-refractivity contribution < 1.29 is 4.79 Å². The SMILES string of the molecule is C=CCNC(=O)CCn1nc(Cl)c2ccccc21. The van der Waals surface area contributed by atoms with Crippen molar-refractivity contribution in [3.05, 3.63) is 42.1 Å². The zero-order valence-electron chi connectivity index (χ0n) is 9.90. The van der Waals surface area contributed by atoms with Crippen molar-refractivity contribution in [2.45, 2.75) is 13.0 Å². The Kier molecular flexibility index (Phi) is 3.99. The average Bonchev–Trinajstić information content (AvgIpc) is 2.71. The Balaban J connectivity index is 2.08. The van der Waals surface area contributed by atoms with Crippen molar-refractivity contribution in [1.82, 2.24) is 15.1 Å². The fraction of sp³-hybridized carbons (Fsp3) is 0.231. The molecule has 0 radical (unpaired) electrons. The van der Waals surface area contributed by atoms with Crippen LogP contribution in [0.3, 0.4) is 0 Å². The zero-order chi connectivity index (χ0) is 13.0. The number of carbonyl (C=O) groups excluding carboxylic acids is 1. The Morgan fingerprint density at radius 2 is 2.28 bits per heavy atom. The van der Waals surface area contributed by atoms with Gasteiger partial charge in [-0.2, -0.15) is 5.10 Å². The number of fused-ring (bicyclic) bond motifs is 1. The van der Waals surface area contributed by atoms with E-state index >= 15 is 0 Å². The lowest BCUT2D eigenvalue weighted by Crippen LogP contribution is -2.24. The molecule has 0 fully saturated rings. The number of hydrogen-bond donors (Lipinski definition) is 1. The van der Waals surface area contributed by atoms with Gasteiger partial charge in [0, 0.05) is 18.4 Å². The Hall–Kier alpha value is -1.81. The van der Waals surface area contributed by atoms with Gasteiger partial charge in [0.25, 0.3) is 0 Å². The standard InChI is InChI=1S/C13H14ClN3O/c1-2-8-15-12(18)7-9-17-11-6-4-3-5-10(11)13(14)16-17/h2-6H,1,7-9H2,(H,15,18). The minimum Gasteiger partial charge on any atom is -0.353 e. The van der Waals surface area contributed by atoms with E-state index in [0.29, 0.717) is 24.7 Å². The molecular weight excluding hydrogens is 250 g/mol. The summed E-state index contributed by atoms with van der Waals surface area (Å²) in [6, 6.07) is 7.69. The molecule has 2 rings (SSSR count). The minimum absolute atomic E-state index is 0.0226. The van der Waals surface area contributed by atoms with Crippen molar-refractivity contribution >= 4 is 28.4 Å². The number of aryl methyl sites for hydroxylation is 1. The van der Waals surface area contributed by atoms with Gasteiger partial charge in [0.2, 0.25) is 5.91 Å². The van der Waals surface area contributed by atoms with E-state index in [1.807, 2.05) is 24.3 Å². The summed E-state index contributed by atoms with van der Waals surface area (Å²) >= 11 is 6.03. The maximum Gasteiger partial charge on any atom is 0.222 e. The molecule has 2 aromatic rings. The van der Waals surface area contributed by atoms with Gasteiger partial charge in [-0.05, 0) is 12.1 Å². The van der Waals surface area contributed by atoms with E-state index in [9.17, 15) is 4.79 Å². The summed E-state index contributed by atoms with van der Waals surface area (Å²) in [5, 5.41) is 8.33. The molecule has 0 atom stereocenters. The highest BCUT2D eigenvalue weighted by molar-refractivity contribution is 6.34. The summed E-state index contributed by atoms with van der Waals surface area (Å²) < 4.78 is 1.76. The van der Waals surface area contributed by atoms with Crippen molar-refractivity contribution in [3.8, 4) is 0 Å². The average molecular weight is 264 g/mol. The first-order valence-corrected chi connectivity index (χ1v) is 6.09. The zero-order valence-corrected chi connectivity index (χ0v) is 10.7. The van der Waals surface area contributed by atoms with Crippen LogP contribution in [-0.4, -0.2) is 22.2 Å². The van der Waals surface area contributed by atoms with Gasteiger partial charge in [-0.3, -0.25) is 9.48 Å². The van der Waals surface area contributed by atoms with Gasteiger partial charge >= 0.3 is 0 Å². The van der Waals surface area contributed by atoms with E-state index in [0.717, 1.165) is 10.9 Å². The summed E-state index contributed by atoms with van der Waals surface area (Å²) in [7, 11) is 0. The molecule has 0 aliphatic rings. The smallest absolute Gasteiger partial charge is 0.222 e. The van der Waals surface area contributed by atoms with Crippen molar-refractivity contribution in [3.63, 3.8) is 0 Å². The molecule has 94 valence electrons. The fourth-order valence-corrected chi connectivity index (χ4v) is 1.99. The normalized spacial score (nSPS) is 10.5. The van der Waals surface area contributed by atoms with Gasteiger partial charge in [0.05, 0.1) is 12.1 Å². The second-order valence-electron chi connectivity index (χ2n) is 3.87. The van der Waals surface area contributed by atoms with Crippen molar-refractivity contribution in [2.24, 2.45) is 0 Å². The van der Waals surface area contributed by atoms with Crippen LogP contribution in [0.15, 0.2) is 36.9 Å². The largest absolute Gasteiger partial charge is 0.353 e. The van der Waals surface area contributed by atoms with Crippen LogP contribution in [0.2, 0.25) is 5.15 Å². The van der Waals surface area contributed by atoms with E-state index in [1.165, 1.54) is 0 Å². The van der Waals surface area contributed by atoms with Gasteiger partial charge < -0.3 is 5.32 Å². The lowest BCUT2D eigenvalue weighted by atomic mass is 10.2. The van der Waals surface area contributed by atoms with Crippen LogP contribution in [0.5, 0.6) is 0 Å². The van der Waals surface area contributed by atoms with Gasteiger partial charge in [-0.25, -0.2) is 0 Å². The molecule has 4 nitrogen and oxygen atoms in total. The van der Waals surface area contributed by atoms with Crippen molar-refractivity contribution in [1.29, 1.82) is 0 Å². The van der Waals surface area contributed by atoms with E-state index < -0.39 is 0 Å². The number of carbonyl (C=O) groups is 1. The monoisotopic (exact) mass is 263 g/mol. The summed E-state index contributed by atoms with van der Waals surface area (Å²) in [5.74, 6) is -0.0226. The van der Waals surface area contributed by atoms with Gasteiger partial charge in [0.15, 0.2) is 5.15 Å². The van der Waals surface area contributed by atoms with Crippen LogP contribution in [0.25, 0.3) is 10.9 Å². The van der Waals surface area contributed by atoms with Crippen LogP contribution in [0.1, 0.15) is 6.42 Å². The van der Waals surface area contributed by atoms with Crippen LogP contribution < -0.4 is 5.32 Å². The predicted molar refractivity (Wildman–Crippen MR) is 72.6 cm³/mol. The molecule has 1 amide bonds. The Bertz CT molecular complexity index is 577. The molecule has 0 aliphatic carbocycles. The van der Waals surface area contributed by atoms with E-state index in [1.54, 1.807) is 10.8 Å². The number of amides is 1. The lowest BCUT2D eigenvalue weighted by molar-refractivity contribution is -0.121. The first kappa shape index (κ1) is 12.6. The summed E-state index contributed by atoms with van der Waals surface area (Å²) in [4.78, 5) is 11.5. The third-order valence-corrected chi connectivity index (χ3v) is 2.89. The van der Waals surface area contributed by atoms with E-state index in [2.05, 4.69) is 17.0 Å².